The van der Waals surface area contributed by atoms with Crippen molar-refractivity contribution < 1.29 is 8.42 Å². The van der Waals surface area contributed by atoms with Crippen molar-refractivity contribution in [3.8, 4) is 0 Å². The Labute approximate surface area is 126 Å². The lowest BCUT2D eigenvalue weighted by Crippen LogP contribution is -2.40. The summed E-state index contributed by atoms with van der Waals surface area (Å²) in [6, 6.07) is 7.14. The van der Waals surface area contributed by atoms with Crippen LogP contribution in [0.15, 0.2) is 24.3 Å². The van der Waals surface area contributed by atoms with Gasteiger partial charge in [-0.15, -0.1) is 0 Å². The molecular weight excluding hydrogens is 294 g/mol. The molecule has 0 radical (unpaired) electrons. The standard InChI is InChI=1S/C15H22ClNO2S/c1-11-6-7-12(9-17)15(8-11)20(18,19)10-13-4-2-3-5-14(13)16/h2-5,11-12,15H,6-10,17H2,1H3. The van der Waals surface area contributed by atoms with Crippen molar-refractivity contribution in [2.24, 2.45) is 17.6 Å². The molecule has 3 unspecified atom stereocenters. The van der Waals surface area contributed by atoms with Crippen LogP contribution in [0.2, 0.25) is 5.02 Å². The molecule has 1 aromatic carbocycles. The first kappa shape index (κ1) is 15.8. The third kappa shape index (κ3) is 3.54. The van der Waals surface area contributed by atoms with E-state index in [-0.39, 0.29) is 16.9 Å². The zero-order valence-electron chi connectivity index (χ0n) is 11.8. The quantitative estimate of drug-likeness (QED) is 0.929. The summed E-state index contributed by atoms with van der Waals surface area (Å²) in [6.07, 6.45) is 2.69. The molecular formula is C15H22ClNO2S. The number of hydrogen-bond acceptors (Lipinski definition) is 3. The lowest BCUT2D eigenvalue weighted by Gasteiger charge is -2.33. The average Bonchev–Trinajstić information content (AvgIpc) is 2.41. The third-order valence-corrected chi connectivity index (χ3v) is 6.85. The molecule has 3 atom stereocenters. The Morgan fingerprint density at radius 1 is 1.30 bits per heavy atom. The van der Waals surface area contributed by atoms with Crippen LogP contribution in [0.4, 0.5) is 0 Å². The van der Waals surface area contributed by atoms with Gasteiger partial charge in [-0.25, -0.2) is 8.42 Å². The summed E-state index contributed by atoms with van der Waals surface area (Å²) >= 11 is 6.08. The number of halogens is 1. The third-order valence-electron chi connectivity index (χ3n) is 4.27. The summed E-state index contributed by atoms with van der Waals surface area (Å²) < 4.78 is 25.4. The van der Waals surface area contributed by atoms with Gasteiger partial charge >= 0.3 is 0 Å². The molecule has 0 aromatic heterocycles. The zero-order chi connectivity index (χ0) is 14.8. The fourth-order valence-corrected chi connectivity index (χ4v) is 5.68. The van der Waals surface area contributed by atoms with Crippen molar-refractivity contribution in [2.45, 2.75) is 37.2 Å². The van der Waals surface area contributed by atoms with Crippen LogP contribution < -0.4 is 5.73 Å². The number of hydrogen-bond donors (Lipinski definition) is 1. The molecule has 2 N–H and O–H groups in total. The molecule has 5 heteroatoms. The largest absolute Gasteiger partial charge is 0.330 e. The minimum Gasteiger partial charge on any atom is -0.330 e. The van der Waals surface area contributed by atoms with E-state index in [9.17, 15) is 8.42 Å². The SMILES string of the molecule is CC1CCC(CN)C(S(=O)(=O)Cc2ccccc2Cl)C1. The van der Waals surface area contributed by atoms with E-state index in [1.165, 1.54) is 0 Å². The molecule has 0 amide bonds. The van der Waals surface area contributed by atoms with E-state index in [0.717, 1.165) is 12.8 Å². The van der Waals surface area contributed by atoms with E-state index in [4.69, 9.17) is 17.3 Å². The minimum atomic E-state index is -3.22. The normalized spacial score (nSPS) is 27.4. The number of sulfone groups is 1. The smallest absolute Gasteiger partial charge is 0.157 e. The summed E-state index contributed by atoms with van der Waals surface area (Å²) in [5.41, 5.74) is 6.45. The fourth-order valence-electron chi connectivity index (χ4n) is 3.04. The van der Waals surface area contributed by atoms with Crippen molar-refractivity contribution in [1.82, 2.24) is 0 Å². The van der Waals surface area contributed by atoms with Gasteiger partial charge in [-0.1, -0.05) is 43.1 Å². The highest BCUT2D eigenvalue weighted by Gasteiger charge is 2.37. The molecule has 1 saturated carbocycles. The first-order valence-electron chi connectivity index (χ1n) is 7.09. The topological polar surface area (TPSA) is 60.2 Å². The predicted octanol–water partition coefficient (Wildman–Crippen LogP) is 3.02. The monoisotopic (exact) mass is 315 g/mol. The maximum absolute atomic E-state index is 12.7. The molecule has 3 nitrogen and oxygen atoms in total. The first-order chi connectivity index (χ1) is 9.44. The summed E-state index contributed by atoms with van der Waals surface area (Å²) in [5, 5.41) is 0.191. The first-order valence-corrected chi connectivity index (χ1v) is 9.18. The fraction of sp³-hybridized carbons (Fsp3) is 0.600. The van der Waals surface area contributed by atoms with Crippen molar-refractivity contribution in [3.63, 3.8) is 0 Å². The Morgan fingerprint density at radius 3 is 2.65 bits per heavy atom. The molecule has 0 spiro atoms. The van der Waals surface area contributed by atoms with Crippen molar-refractivity contribution >= 4 is 21.4 Å². The van der Waals surface area contributed by atoms with Gasteiger partial charge in [0.25, 0.3) is 0 Å². The Kier molecular flexibility index (Phi) is 5.10. The van der Waals surface area contributed by atoms with Crippen LogP contribution >= 0.6 is 11.6 Å². The van der Waals surface area contributed by atoms with Gasteiger partial charge in [-0.2, -0.15) is 0 Å². The van der Waals surface area contributed by atoms with Crippen LogP contribution in [0.25, 0.3) is 0 Å². The van der Waals surface area contributed by atoms with Crippen LogP contribution in [0.1, 0.15) is 31.7 Å². The number of nitrogens with two attached hydrogens (primary N) is 1. The second-order valence-corrected chi connectivity index (χ2v) is 8.48. The second-order valence-electron chi connectivity index (χ2n) is 5.85. The Hall–Kier alpha value is -0.580. The van der Waals surface area contributed by atoms with Gasteiger partial charge in [-0.3, -0.25) is 0 Å². The van der Waals surface area contributed by atoms with Gasteiger partial charge in [-0.05, 0) is 42.9 Å². The van der Waals surface area contributed by atoms with Gasteiger partial charge in [0, 0.05) is 5.02 Å². The lowest BCUT2D eigenvalue weighted by molar-refractivity contribution is 0.296. The van der Waals surface area contributed by atoms with E-state index in [1.807, 2.05) is 12.1 Å². The molecule has 1 aromatic rings. The van der Waals surface area contributed by atoms with Gasteiger partial charge in [0.1, 0.15) is 0 Å². The Bertz CT molecular complexity index is 559. The number of benzene rings is 1. The summed E-state index contributed by atoms with van der Waals surface area (Å²) in [7, 11) is -3.22. The molecule has 0 heterocycles. The van der Waals surface area contributed by atoms with E-state index in [2.05, 4.69) is 6.92 Å². The molecule has 1 aliphatic rings. The summed E-state index contributed by atoms with van der Waals surface area (Å²) in [4.78, 5) is 0. The lowest BCUT2D eigenvalue weighted by atomic mass is 9.82. The van der Waals surface area contributed by atoms with Crippen LogP contribution in [0, 0.1) is 11.8 Å². The van der Waals surface area contributed by atoms with Crippen LogP contribution in [0.3, 0.4) is 0 Å². The molecule has 0 aliphatic heterocycles. The predicted molar refractivity (Wildman–Crippen MR) is 83.4 cm³/mol. The zero-order valence-corrected chi connectivity index (χ0v) is 13.3. The molecule has 1 fully saturated rings. The van der Waals surface area contributed by atoms with Crippen LogP contribution in [-0.4, -0.2) is 20.2 Å². The Balaban J connectivity index is 2.22. The van der Waals surface area contributed by atoms with Crippen molar-refractivity contribution in [1.29, 1.82) is 0 Å². The second kappa shape index (κ2) is 6.46. The van der Waals surface area contributed by atoms with E-state index >= 15 is 0 Å². The Morgan fingerprint density at radius 2 is 2.00 bits per heavy atom. The van der Waals surface area contributed by atoms with E-state index in [0.29, 0.717) is 29.5 Å². The summed E-state index contributed by atoms with van der Waals surface area (Å²) in [5.74, 6) is 0.545. The van der Waals surface area contributed by atoms with E-state index < -0.39 is 9.84 Å². The average molecular weight is 316 g/mol. The molecule has 2 rings (SSSR count). The van der Waals surface area contributed by atoms with Crippen LogP contribution in [-0.2, 0) is 15.6 Å². The van der Waals surface area contributed by atoms with E-state index in [1.54, 1.807) is 12.1 Å². The van der Waals surface area contributed by atoms with Gasteiger partial charge < -0.3 is 5.73 Å². The highest BCUT2D eigenvalue weighted by atomic mass is 35.5. The van der Waals surface area contributed by atoms with Gasteiger partial charge in [0.05, 0.1) is 11.0 Å². The van der Waals surface area contributed by atoms with Gasteiger partial charge in [0.15, 0.2) is 9.84 Å². The molecule has 112 valence electrons. The maximum atomic E-state index is 12.7. The minimum absolute atomic E-state index is 0.0144. The van der Waals surface area contributed by atoms with Crippen molar-refractivity contribution in [2.75, 3.05) is 6.54 Å². The highest BCUT2D eigenvalue weighted by molar-refractivity contribution is 7.91. The molecule has 20 heavy (non-hydrogen) atoms. The highest BCUT2D eigenvalue weighted by Crippen LogP contribution is 2.34. The maximum Gasteiger partial charge on any atom is 0.157 e. The number of rotatable bonds is 4. The van der Waals surface area contributed by atoms with Crippen LogP contribution in [0.5, 0.6) is 0 Å². The molecule has 1 aliphatic carbocycles. The molecule has 0 saturated heterocycles. The van der Waals surface area contributed by atoms with Gasteiger partial charge in [0.2, 0.25) is 0 Å². The summed E-state index contributed by atoms with van der Waals surface area (Å²) in [6.45, 7) is 2.56. The molecule has 0 bridgehead atoms. The van der Waals surface area contributed by atoms with Crippen molar-refractivity contribution in [3.05, 3.63) is 34.9 Å².